The van der Waals surface area contributed by atoms with Crippen LogP contribution in [-0.2, 0) is 15.1 Å². The Balaban J connectivity index is 2.10. The van der Waals surface area contributed by atoms with Crippen molar-refractivity contribution in [3.05, 3.63) is 95.7 Å². The van der Waals surface area contributed by atoms with Crippen LogP contribution in [-0.4, -0.2) is 12.6 Å². The van der Waals surface area contributed by atoms with Crippen LogP contribution in [0.4, 0.5) is 0 Å². The summed E-state index contributed by atoms with van der Waals surface area (Å²) in [6.45, 7) is 2.16. The smallest absolute Gasteiger partial charge is 0.354 e. The molecule has 0 aromatic heterocycles. The molecule has 122 valence electrons. The van der Waals surface area contributed by atoms with Gasteiger partial charge in [0.05, 0.1) is 12.1 Å². The third kappa shape index (κ3) is 3.11. The number of nitrogens with one attached hydrogen (secondary N) is 1. The zero-order valence-electron chi connectivity index (χ0n) is 13.7. The summed E-state index contributed by atoms with van der Waals surface area (Å²) < 4.78 is 5.20. The molecule has 0 aliphatic carbocycles. The van der Waals surface area contributed by atoms with Crippen LogP contribution in [0, 0.1) is 0 Å². The summed E-state index contributed by atoms with van der Waals surface area (Å²) in [6, 6.07) is 20.4. The number of allylic oxidation sites excluding steroid dienone is 2. The lowest BCUT2D eigenvalue weighted by molar-refractivity contribution is -0.139. The molecule has 2 aromatic rings. The van der Waals surface area contributed by atoms with Crippen LogP contribution in [0.1, 0.15) is 24.5 Å². The van der Waals surface area contributed by atoms with Crippen molar-refractivity contribution in [2.75, 3.05) is 6.61 Å². The maximum absolute atomic E-state index is 12.3. The van der Waals surface area contributed by atoms with Crippen molar-refractivity contribution >= 4 is 5.97 Å². The van der Waals surface area contributed by atoms with Crippen molar-refractivity contribution in [1.29, 1.82) is 0 Å². The summed E-state index contributed by atoms with van der Waals surface area (Å²) in [6.07, 6.45) is 6.51. The first-order valence-corrected chi connectivity index (χ1v) is 8.19. The molecule has 0 atom stereocenters. The Morgan fingerprint density at radius 3 is 2.17 bits per heavy atom. The Hall–Kier alpha value is -2.81. The molecule has 0 amide bonds. The van der Waals surface area contributed by atoms with Crippen molar-refractivity contribution in [2.45, 2.75) is 18.9 Å². The van der Waals surface area contributed by atoms with E-state index < -0.39 is 5.54 Å². The van der Waals surface area contributed by atoms with Gasteiger partial charge >= 0.3 is 5.97 Å². The molecule has 0 unspecified atom stereocenters. The first-order chi connectivity index (χ1) is 11.8. The highest BCUT2D eigenvalue weighted by Crippen LogP contribution is 2.35. The van der Waals surface area contributed by atoms with Gasteiger partial charge in [-0.3, -0.25) is 0 Å². The van der Waals surface area contributed by atoms with Gasteiger partial charge in [-0.15, -0.1) is 0 Å². The van der Waals surface area contributed by atoms with Crippen LogP contribution in [0.2, 0.25) is 0 Å². The topological polar surface area (TPSA) is 38.3 Å². The zero-order valence-corrected chi connectivity index (χ0v) is 13.7. The van der Waals surface area contributed by atoms with Crippen LogP contribution < -0.4 is 5.32 Å². The summed E-state index contributed by atoms with van der Waals surface area (Å²) in [7, 11) is 0. The Bertz CT molecular complexity index is 708. The Labute approximate surface area is 142 Å². The largest absolute Gasteiger partial charge is 0.461 e. The van der Waals surface area contributed by atoms with Gasteiger partial charge in [0, 0.05) is 0 Å². The second-order valence-electron chi connectivity index (χ2n) is 5.70. The van der Waals surface area contributed by atoms with Crippen LogP contribution in [0.5, 0.6) is 0 Å². The standard InChI is InChI=1S/C21H21NO2/c1-2-24-20(23)19-15-9-10-16-21(22-19,17-11-5-3-6-12-17)18-13-7-4-8-14-18/h3-15,22H,2,16H2,1H3. The van der Waals surface area contributed by atoms with Gasteiger partial charge < -0.3 is 10.1 Å². The van der Waals surface area contributed by atoms with Crippen LogP contribution >= 0.6 is 0 Å². The number of ether oxygens (including phenoxy) is 1. The van der Waals surface area contributed by atoms with Crippen molar-refractivity contribution in [3.8, 4) is 0 Å². The third-order valence-corrected chi connectivity index (χ3v) is 4.20. The fourth-order valence-corrected chi connectivity index (χ4v) is 3.05. The lowest BCUT2D eigenvalue weighted by Crippen LogP contribution is -2.44. The minimum atomic E-state index is -0.506. The van der Waals surface area contributed by atoms with E-state index in [2.05, 4.69) is 35.7 Å². The van der Waals surface area contributed by atoms with E-state index in [-0.39, 0.29) is 5.97 Å². The van der Waals surface area contributed by atoms with Gasteiger partial charge in [0.1, 0.15) is 5.70 Å². The molecule has 1 aliphatic rings. The van der Waals surface area contributed by atoms with Gasteiger partial charge in [0.25, 0.3) is 0 Å². The molecule has 0 saturated heterocycles. The quantitative estimate of drug-likeness (QED) is 0.868. The number of benzene rings is 2. The Morgan fingerprint density at radius 2 is 1.62 bits per heavy atom. The number of rotatable bonds is 4. The molecular weight excluding hydrogens is 298 g/mol. The fraction of sp³-hybridized carbons (Fsp3) is 0.190. The van der Waals surface area contributed by atoms with Crippen molar-refractivity contribution in [3.63, 3.8) is 0 Å². The number of hydrogen-bond donors (Lipinski definition) is 1. The first kappa shape index (κ1) is 16.1. The number of esters is 1. The highest BCUT2D eigenvalue weighted by molar-refractivity contribution is 5.88. The molecule has 1 N–H and O–H groups in total. The highest BCUT2D eigenvalue weighted by Gasteiger charge is 2.35. The molecule has 2 aromatic carbocycles. The average Bonchev–Trinajstić information content (AvgIpc) is 2.88. The van der Waals surface area contributed by atoms with E-state index in [0.29, 0.717) is 12.3 Å². The molecule has 3 nitrogen and oxygen atoms in total. The SMILES string of the molecule is CCOC(=O)C1=CC=CCC(c2ccccc2)(c2ccccc2)N1. The summed E-state index contributed by atoms with van der Waals surface area (Å²) in [5.74, 6) is -0.333. The summed E-state index contributed by atoms with van der Waals surface area (Å²) in [5.41, 5.74) is 2.18. The van der Waals surface area contributed by atoms with Gasteiger partial charge in [-0.1, -0.05) is 72.8 Å². The molecule has 3 rings (SSSR count). The van der Waals surface area contributed by atoms with Gasteiger partial charge in [-0.25, -0.2) is 4.79 Å². The minimum Gasteiger partial charge on any atom is -0.461 e. The molecule has 0 bridgehead atoms. The highest BCUT2D eigenvalue weighted by atomic mass is 16.5. The van der Waals surface area contributed by atoms with E-state index in [1.165, 1.54) is 0 Å². The molecule has 0 saturated carbocycles. The van der Waals surface area contributed by atoms with Gasteiger partial charge in [-0.2, -0.15) is 0 Å². The van der Waals surface area contributed by atoms with Crippen molar-refractivity contribution < 1.29 is 9.53 Å². The third-order valence-electron chi connectivity index (χ3n) is 4.20. The van der Waals surface area contributed by atoms with Crippen LogP contribution in [0.15, 0.2) is 84.6 Å². The van der Waals surface area contributed by atoms with E-state index in [0.717, 1.165) is 17.5 Å². The average molecular weight is 319 g/mol. The van der Waals surface area contributed by atoms with Gasteiger partial charge in [0.2, 0.25) is 0 Å². The van der Waals surface area contributed by atoms with Crippen molar-refractivity contribution in [2.24, 2.45) is 0 Å². The molecule has 1 aliphatic heterocycles. The molecule has 0 fully saturated rings. The van der Waals surface area contributed by atoms with Crippen LogP contribution in [0.25, 0.3) is 0 Å². The molecule has 0 radical (unpaired) electrons. The molecular formula is C21H21NO2. The van der Waals surface area contributed by atoms with E-state index in [1.54, 1.807) is 6.08 Å². The predicted molar refractivity (Wildman–Crippen MR) is 95.3 cm³/mol. The van der Waals surface area contributed by atoms with Crippen LogP contribution in [0.3, 0.4) is 0 Å². The summed E-state index contributed by atoms with van der Waals surface area (Å²) in [4.78, 5) is 12.3. The molecule has 24 heavy (non-hydrogen) atoms. The summed E-state index contributed by atoms with van der Waals surface area (Å²) >= 11 is 0. The zero-order chi connectivity index (χ0) is 16.8. The number of hydrogen-bond acceptors (Lipinski definition) is 3. The minimum absolute atomic E-state index is 0.333. The second kappa shape index (κ2) is 7.18. The predicted octanol–water partition coefficient (Wildman–Crippen LogP) is 3.93. The molecule has 1 heterocycles. The monoisotopic (exact) mass is 319 g/mol. The Kier molecular flexibility index (Phi) is 4.80. The van der Waals surface area contributed by atoms with E-state index >= 15 is 0 Å². The molecule has 0 spiro atoms. The van der Waals surface area contributed by atoms with E-state index in [4.69, 9.17) is 4.74 Å². The fourth-order valence-electron chi connectivity index (χ4n) is 3.05. The van der Waals surface area contributed by atoms with E-state index in [1.807, 2.05) is 49.4 Å². The van der Waals surface area contributed by atoms with E-state index in [9.17, 15) is 4.79 Å². The maximum atomic E-state index is 12.3. The first-order valence-electron chi connectivity index (χ1n) is 8.19. The Morgan fingerprint density at radius 1 is 1.04 bits per heavy atom. The second-order valence-corrected chi connectivity index (χ2v) is 5.70. The molecule has 3 heteroatoms. The lowest BCUT2D eigenvalue weighted by Gasteiger charge is -2.36. The summed E-state index contributed by atoms with van der Waals surface area (Å²) in [5, 5.41) is 3.47. The normalized spacial score (nSPS) is 15.8. The lowest BCUT2D eigenvalue weighted by atomic mass is 9.80. The van der Waals surface area contributed by atoms with Crippen molar-refractivity contribution in [1.82, 2.24) is 5.32 Å². The number of carbonyl (C=O) groups is 1. The number of carbonyl (C=O) groups excluding carboxylic acids is 1. The maximum Gasteiger partial charge on any atom is 0.354 e. The van der Waals surface area contributed by atoms with Gasteiger partial charge in [0.15, 0.2) is 0 Å². The van der Waals surface area contributed by atoms with Gasteiger partial charge in [-0.05, 0) is 30.5 Å².